The number of rotatable bonds is 33. The average molecular weight is 976 g/mol. The summed E-state index contributed by atoms with van der Waals surface area (Å²) < 4.78 is 34.0. The van der Waals surface area contributed by atoms with Gasteiger partial charge in [-0.1, -0.05) is 101 Å². The predicted octanol–water partition coefficient (Wildman–Crippen LogP) is 1.19. The second-order valence-corrected chi connectivity index (χ2v) is 17.9. The highest BCUT2D eigenvalue weighted by Crippen LogP contribution is 2.33. The Kier molecular flexibility index (Phi) is 30.2. The zero-order chi connectivity index (χ0) is 49.8. The lowest BCUT2D eigenvalue weighted by atomic mass is 9.96. The van der Waals surface area contributed by atoms with E-state index in [0.29, 0.717) is 12.8 Å². The van der Waals surface area contributed by atoms with E-state index in [1.807, 2.05) is 0 Å². The van der Waals surface area contributed by atoms with Crippen molar-refractivity contribution in [2.45, 2.75) is 227 Å². The topological polar surface area (TPSA) is 307 Å². The molecule has 17 atom stereocenters. The predicted molar refractivity (Wildman–Crippen MR) is 249 cm³/mol. The smallest absolute Gasteiger partial charge is 0.220 e. The number of amides is 1. The monoisotopic (exact) mass is 976 g/mol. The molecule has 12 N–H and O–H groups in total. The maximum Gasteiger partial charge on any atom is 0.220 e. The van der Waals surface area contributed by atoms with Gasteiger partial charge in [0.2, 0.25) is 5.91 Å². The molecule has 0 saturated carbocycles. The van der Waals surface area contributed by atoms with Crippen molar-refractivity contribution in [3.63, 3.8) is 0 Å². The summed E-state index contributed by atoms with van der Waals surface area (Å²) in [5, 5.41) is 119. The number of unbranched alkanes of at least 4 members (excludes halogenated alkanes) is 11. The van der Waals surface area contributed by atoms with E-state index in [-0.39, 0.29) is 18.9 Å². The third kappa shape index (κ3) is 20.1. The molecule has 19 nitrogen and oxygen atoms in total. The van der Waals surface area contributed by atoms with Crippen LogP contribution in [0.4, 0.5) is 0 Å². The van der Waals surface area contributed by atoms with Crippen LogP contribution in [0, 0.1) is 0 Å². The summed E-state index contributed by atoms with van der Waals surface area (Å²) in [5.74, 6) is -0.306. The van der Waals surface area contributed by atoms with Gasteiger partial charge in [-0.05, 0) is 64.2 Å². The van der Waals surface area contributed by atoms with E-state index in [9.17, 15) is 61.0 Å². The van der Waals surface area contributed by atoms with Crippen molar-refractivity contribution in [1.29, 1.82) is 0 Å². The van der Waals surface area contributed by atoms with E-state index < -0.39 is 124 Å². The molecule has 68 heavy (non-hydrogen) atoms. The fraction of sp³-hybridized carbons (Fsp3) is 0.816. The maximum absolute atomic E-state index is 13.2. The average Bonchev–Trinajstić information content (AvgIpc) is 3.33. The molecule has 1 amide bonds. The Hall–Kier alpha value is -2.25. The minimum absolute atomic E-state index is 0.220. The molecule has 0 aliphatic carbocycles. The molecule has 0 spiro atoms. The Morgan fingerprint density at radius 2 is 0.985 bits per heavy atom. The number of aliphatic hydroxyl groups excluding tert-OH is 11. The van der Waals surface area contributed by atoms with E-state index in [1.54, 1.807) is 12.2 Å². The van der Waals surface area contributed by atoms with Crippen molar-refractivity contribution in [1.82, 2.24) is 5.32 Å². The lowest BCUT2D eigenvalue weighted by molar-refractivity contribution is -0.379. The number of ether oxygens (including phenoxy) is 6. The maximum atomic E-state index is 13.2. The summed E-state index contributed by atoms with van der Waals surface area (Å²) in [6, 6.07) is -0.997. The summed E-state index contributed by atoms with van der Waals surface area (Å²) >= 11 is 0. The van der Waals surface area contributed by atoms with Crippen molar-refractivity contribution in [3.8, 4) is 0 Å². The molecule has 3 aliphatic heterocycles. The van der Waals surface area contributed by atoms with Crippen LogP contribution in [-0.2, 0) is 33.2 Å². The molecular weight excluding hydrogens is 891 g/mol. The molecule has 0 aromatic carbocycles. The van der Waals surface area contributed by atoms with Crippen LogP contribution < -0.4 is 5.32 Å². The van der Waals surface area contributed by atoms with E-state index >= 15 is 0 Å². The SMILES string of the molecule is CC/C=C/CC/C=C/CC/C=C/C(O)C(COC1OC(CO)C(OC2OC(CO)C(OC3OC(CO)C(O)C(O)C3O)C(O)C2O)C(O)C1O)NC(=O)CCCCCCC/C=C\CCCCCC. The Bertz CT molecular complexity index is 1450. The summed E-state index contributed by atoms with van der Waals surface area (Å²) in [6.45, 7) is 1.48. The Labute approximate surface area is 402 Å². The molecule has 3 aliphatic rings. The molecular formula is C49H85NO18. The molecule has 19 heteroatoms. The van der Waals surface area contributed by atoms with Crippen LogP contribution >= 0.6 is 0 Å². The first-order valence-corrected chi connectivity index (χ1v) is 24.9. The number of hydrogen-bond donors (Lipinski definition) is 12. The van der Waals surface area contributed by atoms with Gasteiger partial charge in [-0.2, -0.15) is 0 Å². The largest absolute Gasteiger partial charge is 0.394 e. The van der Waals surface area contributed by atoms with Crippen molar-refractivity contribution in [2.24, 2.45) is 0 Å². The summed E-state index contributed by atoms with van der Waals surface area (Å²) in [6.07, 6.45) is 5.70. The van der Waals surface area contributed by atoms with Gasteiger partial charge in [0, 0.05) is 6.42 Å². The van der Waals surface area contributed by atoms with Crippen LogP contribution in [0.15, 0.2) is 48.6 Å². The van der Waals surface area contributed by atoms with Gasteiger partial charge >= 0.3 is 0 Å². The third-order valence-electron chi connectivity index (χ3n) is 12.3. The van der Waals surface area contributed by atoms with Crippen molar-refractivity contribution in [2.75, 3.05) is 26.4 Å². The fourth-order valence-corrected chi connectivity index (χ4v) is 8.16. The molecule has 0 aromatic rings. The number of carbonyl (C=O) groups is 1. The van der Waals surface area contributed by atoms with Gasteiger partial charge < -0.3 is 89.9 Å². The first-order valence-electron chi connectivity index (χ1n) is 24.9. The van der Waals surface area contributed by atoms with Gasteiger partial charge in [-0.3, -0.25) is 4.79 Å². The van der Waals surface area contributed by atoms with Crippen LogP contribution in [0.1, 0.15) is 123 Å². The van der Waals surface area contributed by atoms with E-state index in [0.717, 1.165) is 64.2 Å². The zero-order valence-corrected chi connectivity index (χ0v) is 40.1. The molecule has 0 bridgehead atoms. The summed E-state index contributed by atoms with van der Waals surface area (Å²) in [4.78, 5) is 13.2. The highest BCUT2D eigenvalue weighted by atomic mass is 16.8. The lowest BCUT2D eigenvalue weighted by Crippen LogP contribution is -2.66. The molecule has 0 radical (unpaired) electrons. The van der Waals surface area contributed by atoms with Gasteiger partial charge in [-0.25, -0.2) is 0 Å². The van der Waals surface area contributed by atoms with Gasteiger partial charge in [0.25, 0.3) is 0 Å². The standard InChI is InChI=1S/C49H85NO18/c1-3-5-7-9-11-13-15-16-17-19-21-23-25-27-37(55)50-32(33(54)26-24-22-20-18-14-12-10-8-6-4-2)31-63-47-43(61)40(58)45(35(29-52)65-47)68-49-44(62)41(59)46(36(30-53)66-49)67-48-42(60)39(57)38(56)34(28-51)64-48/h6,8,13-15,18,24,26,32-36,38-49,51-54,56-62H,3-5,7,9-12,16-17,19-23,25,27-31H2,1-2H3,(H,50,55)/b8-6+,15-13-,18-14+,26-24+. The first kappa shape index (κ1) is 60.1. The van der Waals surface area contributed by atoms with Gasteiger partial charge in [0.15, 0.2) is 18.9 Å². The van der Waals surface area contributed by atoms with E-state index in [4.69, 9.17) is 28.4 Å². The number of allylic oxidation sites excluding steroid dienone is 7. The highest BCUT2D eigenvalue weighted by molar-refractivity contribution is 5.76. The fourth-order valence-electron chi connectivity index (χ4n) is 8.16. The van der Waals surface area contributed by atoms with Gasteiger partial charge in [0.05, 0.1) is 38.6 Å². The van der Waals surface area contributed by atoms with Gasteiger partial charge in [-0.15, -0.1) is 0 Å². The van der Waals surface area contributed by atoms with Crippen LogP contribution in [0.3, 0.4) is 0 Å². The van der Waals surface area contributed by atoms with Crippen LogP contribution in [0.2, 0.25) is 0 Å². The molecule has 3 heterocycles. The molecule has 3 saturated heterocycles. The summed E-state index contributed by atoms with van der Waals surface area (Å²) in [7, 11) is 0. The Balaban J connectivity index is 1.59. The molecule has 0 aromatic heterocycles. The minimum Gasteiger partial charge on any atom is -0.394 e. The van der Waals surface area contributed by atoms with Crippen molar-refractivity contribution < 1.29 is 89.4 Å². The third-order valence-corrected chi connectivity index (χ3v) is 12.3. The number of carbonyl (C=O) groups excluding carboxylic acids is 1. The lowest BCUT2D eigenvalue weighted by Gasteiger charge is -2.48. The molecule has 3 fully saturated rings. The minimum atomic E-state index is -1.98. The highest BCUT2D eigenvalue weighted by Gasteiger charge is 2.53. The van der Waals surface area contributed by atoms with Crippen LogP contribution in [0.25, 0.3) is 0 Å². The molecule has 394 valence electrons. The second-order valence-electron chi connectivity index (χ2n) is 17.9. The van der Waals surface area contributed by atoms with Crippen LogP contribution in [-0.4, -0.2) is 193 Å². The number of hydrogen-bond acceptors (Lipinski definition) is 18. The molecule has 3 rings (SSSR count). The quantitative estimate of drug-likeness (QED) is 0.0325. The normalized spacial score (nSPS) is 33.6. The van der Waals surface area contributed by atoms with E-state index in [2.05, 4.69) is 55.6 Å². The zero-order valence-electron chi connectivity index (χ0n) is 40.1. The number of nitrogens with one attached hydrogen (secondary N) is 1. The Morgan fingerprint density at radius 1 is 0.529 bits per heavy atom. The van der Waals surface area contributed by atoms with Crippen LogP contribution in [0.5, 0.6) is 0 Å². The molecule has 17 unspecified atom stereocenters. The first-order chi connectivity index (χ1) is 32.8. The summed E-state index contributed by atoms with van der Waals surface area (Å²) in [5.41, 5.74) is 0. The van der Waals surface area contributed by atoms with Crippen molar-refractivity contribution >= 4 is 5.91 Å². The van der Waals surface area contributed by atoms with Gasteiger partial charge in [0.1, 0.15) is 73.2 Å². The van der Waals surface area contributed by atoms with Crippen molar-refractivity contribution in [3.05, 3.63) is 48.6 Å². The number of aliphatic hydroxyl groups is 11. The Morgan fingerprint density at radius 3 is 1.54 bits per heavy atom. The second kappa shape index (κ2) is 34.2. The van der Waals surface area contributed by atoms with E-state index in [1.165, 1.54) is 25.7 Å².